The lowest BCUT2D eigenvalue weighted by Crippen LogP contribution is -1.87. The number of hydrogen-bond donors (Lipinski definition) is 0. The molecule has 1 nitrogen and oxygen atoms in total. The molecule has 0 unspecified atom stereocenters. The fraction of sp³-hybridized carbons (Fsp3) is 0.0625. The first-order valence-electron chi connectivity index (χ1n) is 6.13. The van der Waals surface area contributed by atoms with Crippen molar-refractivity contribution in [2.75, 3.05) is 6.26 Å². The molecule has 0 saturated carbocycles. The lowest BCUT2D eigenvalue weighted by Gasteiger charge is -2.05. The predicted molar refractivity (Wildman–Crippen MR) is 84.7 cm³/mol. The van der Waals surface area contributed by atoms with Gasteiger partial charge in [0.1, 0.15) is 10.8 Å². The molecule has 1 heterocycles. The molecule has 0 N–H and O–H groups in total. The van der Waals surface area contributed by atoms with Gasteiger partial charge in [0.25, 0.3) is 0 Å². The van der Waals surface area contributed by atoms with Gasteiger partial charge < -0.3 is 0 Å². The van der Waals surface area contributed by atoms with Crippen molar-refractivity contribution in [1.29, 1.82) is 0 Å². The van der Waals surface area contributed by atoms with E-state index in [0.29, 0.717) is 5.56 Å². The molecule has 3 rings (SSSR count). The summed E-state index contributed by atoms with van der Waals surface area (Å²) in [5.41, 5.74) is 2.55. The van der Waals surface area contributed by atoms with Crippen molar-refractivity contribution in [3.8, 4) is 21.8 Å². The highest BCUT2D eigenvalue weighted by molar-refractivity contribution is 7.98. The van der Waals surface area contributed by atoms with Gasteiger partial charge in [0.15, 0.2) is 0 Å². The number of hydrogen-bond acceptors (Lipinski definition) is 3. The summed E-state index contributed by atoms with van der Waals surface area (Å²) in [4.78, 5) is 5.50. The molecule has 100 valence electrons. The van der Waals surface area contributed by atoms with E-state index in [1.807, 2.05) is 48.0 Å². The zero-order valence-corrected chi connectivity index (χ0v) is 12.5. The molecule has 0 aliphatic carbocycles. The van der Waals surface area contributed by atoms with Crippen molar-refractivity contribution in [1.82, 2.24) is 4.98 Å². The van der Waals surface area contributed by atoms with Crippen LogP contribution in [0.3, 0.4) is 0 Å². The second-order valence-corrected chi connectivity index (χ2v) is 5.93. The van der Waals surface area contributed by atoms with E-state index in [2.05, 4.69) is 4.98 Å². The minimum Gasteiger partial charge on any atom is -0.236 e. The smallest absolute Gasteiger partial charge is 0.134 e. The highest BCUT2D eigenvalue weighted by Gasteiger charge is 2.14. The third-order valence-corrected chi connectivity index (χ3v) is 4.62. The molecular weight excluding hydrogens is 289 g/mol. The molecule has 1 aromatic heterocycles. The molecule has 0 amide bonds. The summed E-state index contributed by atoms with van der Waals surface area (Å²) in [5, 5.41) is 2.70. The van der Waals surface area contributed by atoms with Gasteiger partial charge in [-0.25, -0.2) is 9.37 Å². The monoisotopic (exact) mass is 301 g/mol. The van der Waals surface area contributed by atoms with E-state index in [4.69, 9.17) is 0 Å². The van der Waals surface area contributed by atoms with Gasteiger partial charge in [-0.1, -0.05) is 36.4 Å². The van der Waals surface area contributed by atoms with Crippen LogP contribution < -0.4 is 0 Å². The van der Waals surface area contributed by atoms with Crippen LogP contribution in [0, 0.1) is 5.82 Å². The maximum Gasteiger partial charge on any atom is 0.134 e. The van der Waals surface area contributed by atoms with Gasteiger partial charge in [0.2, 0.25) is 0 Å². The molecule has 20 heavy (non-hydrogen) atoms. The van der Waals surface area contributed by atoms with Gasteiger partial charge in [0.05, 0.1) is 11.3 Å². The largest absolute Gasteiger partial charge is 0.236 e. The van der Waals surface area contributed by atoms with Crippen LogP contribution in [0.5, 0.6) is 0 Å². The van der Waals surface area contributed by atoms with Crippen LogP contribution in [0.25, 0.3) is 21.8 Å². The molecule has 2 aromatic carbocycles. The SMILES string of the molecule is CSc1cccc(F)c1-c1nc(-c2ccccc2)cs1. The third-order valence-electron chi connectivity index (χ3n) is 2.98. The molecule has 0 aliphatic heterocycles. The molecule has 0 bridgehead atoms. The van der Waals surface area contributed by atoms with Crippen LogP contribution in [0.15, 0.2) is 58.8 Å². The second-order valence-electron chi connectivity index (χ2n) is 4.22. The Kier molecular flexibility index (Phi) is 3.85. The van der Waals surface area contributed by atoms with E-state index in [1.54, 1.807) is 6.07 Å². The molecule has 0 fully saturated rings. The molecule has 0 spiro atoms. The maximum absolute atomic E-state index is 14.1. The summed E-state index contributed by atoms with van der Waals surface area (Å²) < 4.78 is 14.1. The molecule has 0 atom stereocenters. The van der Waals surface area contributed by atoms with Crippen molar-refractivity contribution in [3.63, 3.8) is 0 Å². The summed E-state index contributed by atoms with van der Waals surface area (Å²) >= 11 is 3.01. The average molecular weight is 301 g/mol. The third kappa shape index (κ3) is 2.49. The van der Waals surface area contributed by atoms with Gasteiger partial charge in [-0.2, -0.15) is 0 Å². The maximum atomic E-state index is 14.1. The van der Waals surface area contributed by atoms with Gasteiger partial charge in [-0.15, -0.1) is 23.1 Å². The summed E-state index contributed by atoms with van der Waals surface area (Å²) in [6, 6.07) is 15.1. The molecule has 0 aliphatic rings. The Balaban J connectivity index is 2.07. The fourth-order valence-electron chi connectivity index (χ4n) is 2.01. The van der Waals surface area contributed by atoms with Crippen LogP contribution in [-0.2, 0) is 0 Å². The highest BCUT2D eigenvalue weighted by Crippen LogP contribution is 2.36. The first-order valence-corrected chi connectivity index (χ1v) is 8.24. The van der Waals surface area contributed by atoms with E-state index >= 15 is 0 Å². The summed E-state index contributed by atoms with van der Waals surface area (Å²) in [6.07, 6.45) is 1.95. The lowest BCUT2D eigenvalue weighted by atomic mass is 10.2. The summed E-state index contributed by atoms with van der Waals surface area (Å²) in [6.45, 7) is 0. The highest BCUT2D eigenvalue weighted by atomic mass is 32.2. The normalized spacial score (nSPS) is 10.7. The number of nitrogens with zero attached hydrogens (tertiary/aromatic N) is 1. The van der Waals surface area contributed by atoms with E-state index in [-0.39, 0.29) is 5.82 Å². The predicted octanol–water partition coefficient (Wildman–Crippen LogP) is 5.34. The number of benzene rings is 2. The van der Waals surface area contributed by atoms with Gasteiger partial charge in [-0.3, -0.25) is 0 Å². The number of aromatic nitrogens is 1. The Morgan fingerprint density at radius 2 is 1.85 bits per heavy atom. The number of halogens is 1. The van der Waals surface area contributed by atoms with Crippen molar-refractivity contribution >= 4 is 23.1 Å². The first-order chi connectivity index (χ1) is 9.79. The van der Waals surface area contributed by atoms with Gasteiger partial charge in [-0.05, 0) is 18.4 Å². The van der Waals surface area contributed by atoms with Crippen LogP contribution in [0.2, 0.25) is 0 Å². The van der Waals surface area contributed by atoms with Crippen LogP contribution in [-0.4, -0.2) is 11.2 Å². The molecule has 0 radical (unpaired) electrons. The van der Waals surface area contributed by atoms with E-state index < -0.39 is 0 Å². The number of thioether (sulfide) groups is 1. The summed E-state index contributed by atoms with van der Waals surface area (Å²) in [7, 11) is 0. The minimum atomic E-state index is -0.217. The quantitative estimate of drug-likeness (QED) is 0.606. The van der Waals surface area contributed by atoms with Crippen LogP contribution in [0.4, 0.5) is 4.39 Å². The van der Waals surface area contributed by atoms with E-state index in [1.165, 1.54) is 29.2 Å². The Morgan fingerprint density at radius 1 is 1.05 bits per heavy atom. The van der Waals surface area contributed by atoms with Crippen molar-refractivity contribution in [3.05, 3.63) is 59.7 Å². The topological polar surface area (TPSA) is 12.9 Å². The molecule has 0 saturated heterocycles. The zero-order valence-electron chi connectivity index (χ0n) is 10.8. The van der Waals surface area contributed by atoms with Crippen LogP contribution >= 0.6 is 23.1 Å². The lowest BCUT2D eigenvalue weighted by molar-refractivity contribution is 0.628. The molecule has 3 aromatic rings. The van der Waals surface area contributed by atoms with E-state index in [0.717, 1.165) is 21.2 Å². The second kappa shape index (κ2) is 5.77. The van der Waals surface area contributed by atoms with Gasteiger partial charge >= 0.3 is 0 Å². The van der Waals surface area contributed by atoms with Crippen molar-refractivity contribution in [2.24, 2.45) is 0 Å². The van der Waals surface area contributed by atoms with Crippen molar-refractivity contribution in [2.45, 2.75) is 4.90 Å². The molecule has 4 heteroatoms. The fourth-order valence-corrected chi connectivity index (χ4v) is 3.58. The Hall–Kier alpha value is -1.65. The summed E-state index contributed by atoms with van der Waals surface area (Å²) in [5.74, 6) is -0.217. The van der Waals surface area contributed by atoms with Gasteiger partial charge in [0, 0.05) is 15.8 Å². The van der Waals surface area contributed by atoms with Crippen molar-refractivity contribution < 1.29 is 4.39 Å². The zero-order chi connectivity index (χ0) is 13.9. The first kappa shape index (κ1) is 13.3. The number of rotatable bonds is 3. The van der Waals surface area contributed by atoms with E-state index in [9.17, 15) is 4.39 Å². The molecular formula is C16H12FNS2. The Morgan fingerprint density at radius 3 is 2.60 bits per heavy atom. The average Bonchev–Trinajstić information content (AvgIpc) is 2.97. The number of thiazole rings is 1. The Labute approximate surface area is 125 Å². The minimum absolute atomic E-state index is 0.217. The Bertz CT molecular complexity index is 722. The van der Waals surface area contributed by atoms with Crippen LogP contribution in [0.1, 0.15) is 0 Å². The standard InChI is InChI=1S/C16H12FNS2/c1-19-14-9-5-8-12(17)15(14)16-18-13(10-20-16)11-6-3-2-4-7-11/h2-10H,1H3.